The van der Waals surface area contributed by atoms with Gasteiger partial charge in [-0.3, -0.25) is 4.98 Å². The van der Waals surface area contributed by atoms with Crippen LogP contribution in [0, 0.1) is 0 Å². The maximum Gasteiger partial charge on any atom is 0.255 e. The minimum absolute atomic E-state index is 0.157. The second-order valence-electron chi connectivity index (χ2n) is 2.56. The number of nitrogens with zero attached hydrogens (tertiary/aromatic N) is 1. The maximum atomic E-state index is 11.9. The van der Waals surface area contributed by atoms with Crippen molar-refractivity contribution in [3.05, 3.63) is 24.0 Å². The topological polar surface area (TPSA) is 50.9 Å². The van der Waals surface area contributed by atoms with Crippen molar-refractivity contribution in [2.75, 3.05) is 11.9 Å². The molecule has 0 saturated heterocycles. The van der Waals surface area contributed by atoms with E-state index in [9.17, 15) is 8.78 Å². The predicted octanol–water partition coefficient (Wildman–Crippen LogP) is 1.39. The van der Waals surface area contributed by atoms with E-state index < -0.39 is 13.0 Å². The molecule has 3 N–H and O–H groups in total. The van der Waals surface area contributed by atoms with Gasteiger partial charge in [-0.25, -0.2) is 8.78 Å². The van der Waals surface area contributed by atoms with Crippen LogP contribution in [-0.2, 0) is 0 Å². The molecule has 1 aromatic rings. The van der Waals surface area contributed by atoms with E-state index in [0.29, 0.717) is 11.3 Å². The Balaban J connectivity index is 2.79. The molecule has 0 aliphatic carbocycles. The summed E-state index contributed by atoms with van der Waals surface area (Å²) >= 11 is 4.75. The molecule has 6 heteroatoms. The first-order valence-electron chi connectivity index (χ1n) is 3.87. The van der Waals surface area contributed by atoms with Crippen molar-refractivity contribution in [3.63, 3.8) is 0 Å². The van der Waals surface area contributed by atoms with Gasteiger partial charge in [-0.1, -0.05) is 12.2 Å². The van der Waals surface area contributed by atoms with Crippen molar-refractivity contribution in [3.8, 4) is 0 Å². The first kappa shape index (κ1) is 10.8. The molecule has 0 bridgehead atoms. The molecule has 0 radical (unpaired) electrons. The summed E-state index contributed by atoms with van der Waals surface area (Å²) in [7, 11) is 0. The highest BCUT2D eigenvalue weighted by molar-refractivity contribution is 7.80. The number of nitrogens with one attached hydrogen (secondary N) is 1. The van der Waals surface area contributed by atoms with Crippen LogP contribution >= 0.6 is 12.2 Å². The summed E-state index contributed by atoms with van der Waals surface area (Å²) < 4.78 is 23.8. The van der Waals surface area contributed by atoms with Crippen LogP contribution in [0.15, 0.2) is 18.5 Å². The normalized spacial score (nSPS) is 10.2. The standard InChI is InChI=1S/C8H9F2N3S/c9-7(10)4-13-6-3-12-2-1-5(6)8(11)14/h1-3,7,13H,4H2,(H2,11,14). The van der Waals surface area contributed by atoms with E-state index in [0.717, 1.165) is 0 Å². The number of anilines is 1. The molecule has 76 valence electrons. The average Bonchev–Trinajstić information content (AvgIpc) is 2.15. The molecule has 0 atom stereocenters. The molecule has 0 amide bonds. The number of rotatable bonds is 4. The second-order valence-corrected chi connectivity index (χ2v) is 3.00. The van der Waals surface area contributed by atoms with E-state index >= 15 is 0 Å². The van der Waals surface area contributed by atoms with Crippen molar-refractivity contribution >= 4 is 22.9 Å². The van der Waals surface area contributed by atoms with Crippen molar-refractivity contribution in [2.24, 2.45) is 5.73 Å². The lowest BCUT2D eigenvalue weighted by molar-refractivity contribution is 0.163. The Morgan fingerprint density at radius 1 is 1.64 bits per heavy atom. The lowest BCUT2D eigenvalue weighted by Crippen LogP contribution is -2.16. The van der Waals surface area contributed by atoms with Crippen LogP contribution in [0.4, 0.5) is 14.5 Å². The van der Waals surface area contributed by atoms with Gasteiger partial charge in [-0.2, -0.15) is 0 Å². The Bertz CT molecular complexity index is 330. The van der Waals surface area contributed by atoms with Crippen LogP contribution in [0.5, 0.6) is 0 Å². The molecule has 0 fully saturated rings. The summed E-state index contributed by atoms with van der Waals surface area (Å²) in [5, 5.41) is 2.51. The third-order valence-corrected chi connectivity index (χ3v) is 1.75. The Hall–Kier alpha value is -1.30. The molecule has 1 rings (SSSR count). The summed E-state index contributed by atoms with van der Waals surface area (Å²) in [5.74, 6) is 0. The van der Waals surface area contributed by atoms with Gasteiger partial charge >= 0.3 is 0 Å². The monoisotopic (exact) mass is 217 g/mol. The van der Waals surface area contributed by atoms with E-state index in [-0.39, 0.29) is 4.99 Å². The van der Waals surface area contributed by atoms with Crippen LogP contribution in [0.3, 0.4) is 0 Å². The molecule has 3 nitrogen and oxygen atoms in total. The van der Waals surface area contributed by atoms with Gasteiger partial charge in [0.1, 0.15) is 4.99 Å². The highest BCUT2D eigenvalue weighted by Gasteiger charge is 2.07. The summed E-state index contributed by atoms with van der Waals surface area (Å²) in [6.45, 7) is -0.443. The number of nitrogens with two attached hydrogens (primary N) is 1. The summed E-state index contributed by atoms with van der Waals surface area (Å²) in [4.78, 5) is 3.94. The number of pyridine rings is 1. The Labute approximate surface area is 85.3 Å². The second kappa shape index (κ2) is 4.80. The van der Waals surface area contributed by atoms with Crippen LogP contribution in [0.2, 0.25) is 0 Å². The largest absolute Gasteiger partial charge is 0.389 e. The van der Waals surface area contributed by atoms with Gasteiger partial charge in [0.05, 0.1) is 18.4 Å². The molecular weight excluding hydrogens is 208 g/mol. The number of aromatic nitrogens is 1. The smallest absolute Gasteiger partial charge is 0.255 e. The minimum atomic E-state index is -2.42. The molecule has 14 heavy (non-hydrogen) atoms. The first-order chi connectivity index (χ1) is 6.61. The third kappa shape index (κ3) is 2.88. The molecule has 0 aliphatic rings. The lowest BCUT2D eigenvalue weighted by atomic mass is 10.2. The van der Waals surface area contributed by atoms with Crippen molar-refractivity contribution in [2.45, 2.75) is 6.43 Å². The fourth-order valence-corrected chi connectivity index (χ4v) is 1.12. The zero-order valence-corrected chi connectivity index (χ0v) is 8.02. The van der Waals surface area contributed by atoms with Crippen LogP contribution in [0.25, 0.3) is 0 Å². The van der Waals surface area contributed by atoms with Gasteiger partial charge in [0.25, 0.3) is 6.43 Å². The van der Waals surface area contributed by atoms with E-state index in [1.807, 2.05) is 0 Å². The highest BCUT2D eigenvalue weighted by Crippen LogP contribution is 2.13. The number of hydrogen-bond donors (Lipinski definition) is 2. The summed E-state index contributed by atoms with van der Waals surface area (Å²) in [6, 6.07) is 1.58. The molecule has 0 aromatic carbocycles. The minimum Gasteiger partial charge on any atom is -0.389 e. The van der Waals surface area contributed by atoms with Gasteiger partial charge in [-0.15, -0.1) is 0 Å². The molecule has 1 heterocycles. The van der Waals surface area contributed by atoms with Gasteiger partial charge in [0, 0.05) is 11.8 Å². The maximum absolute atomic E-state index is 11.9. The number of alkyl halides is 2. The van der Waals surface area contributed by atoms with Crippen molar-refractivity contribution in [1.82, 2.24) is 4.98 Å². The fourth-order valence-electron chi connectivity index (χ4n) is 0.937. The predicted molar refractivity (Wildman–Crippen MR) is 54.6 cm³/mol. The fraction of sp³-hybridized carbons (Fsp3) is 0.250. The number of thiocarbonyl (C=S) groups is 1. The van der Waals surface area contributed by atoms with E-state index in [4.69, 9.17) is 18.0 Å². The molecule has 0 unspecified atom stereocenters. The SMILES string of the molecule is NC(=S)c1ccncc1NCC(F)F. The van der Waals surface area contributed by atoms with Crippen LogP contribution < -0.4 is 11.1 Å². The van der Waals surface area contributed by atoms with E-state index in [1.54, 1.807) is 6.07 Å². The summed E-state index contributed by atoms with van der Waals surface area (Å²) in [6.07, 6.45) is 0.494. The van der Waals surface area contributed by atoms with E-state index in [2.05, 4.69) is 10.3 Å². The molecular formula is C8H9F2N3S. The van der Waals surface area contributed by atoms with Crippen molar-refractivity contribution in [1.29, 1.82) is 0 Å². The van der Waals surface area contributed by atoms with Gasteiger partial charge < -0.3 is 11.1 Å². The number of halogens is 2. The zero-order chi connectivity index (χ0) is 10.6. The Morgan fingerprint density at radius 3 is 2.93 bits per heavy atom. The first-order valence-corrected chi connectivity index (χ1v) is 4.28. The third-order valence-electron chi connectivity index (χ3n) is 1.53. The van der Waals surface area contributed by atoms with Gasteiger partial charge in [0.2, 0.25) is 0 Å². The quantitative estimate of drug-likeness (QED) is 0.748. The lowest BCUT2D eigenvalue weighted by Gasteiger charge is -2.09. The number of hydrogen-bond acceptors (Lipinski definition) is 3. The Morgan fingerprint density at radius 2 is 2.36 bits per heavy atom. The Kier molecular flexibility index (Phi) is 3.70. The van der Waals surface area contributed by atoms with Crippen LogP contribution in [0.1, 0.15) is 5.56 Å². The summed E-state index contributed by atoms with van der Waals surface area (Å²) in [5.41, 5.74) is 6.35. The average molecular weight is 217 g/mol. The zero-order valence-electron chi connectivity index (χ0n) is 7.21. The highest BCUT2D eigenvalue weighted by atomic mass is 32.1. The van der Waals surface area contributed by atoms with E-state index in [1.165, 1.54) is 12.4 Å². The molecule has 0 aliphatic heterocycles. The molecule has 1 aromatic heterocycles. The van der Waals surface area contributed by atoms with Crippen LogP contribution in [-0.4, -0.2) is 22.9 Å². The van der Waals surface area contributed by atoms with Crippen molar-refractivity contribution < 1.29 is 8.78 Å². The van der Waals surface area contributed by atoms with Gasteiger partial charge in [-0.05, 0) is 6.07 Å². The molecule has 0 saturated carbocycles. The molecule has 0 spiro atoms. The van der Waals surface area contributed by atoms with Gasteiger partial charge in [0.15, 0.2) is 0 Å².